The van der Waals surface area contributed by atoms with Gasteiger partial charge in [-0.2, -0.15) is 0 Å². The van der Waals surface area contributed by atoms with E-state index in [2.05, 4.69) is 0 Å². The van der Waals surface area contributed by atoms with Gasteiger partial charge in [0.15, 0.2) is 0 Å². The number of piperidine rings is 1. The maximum Gasteiger partial charge on any atom is 0.376 e. The Bertz CT molecular complexity index is 518. The summed E-state index contributed by atoms with van der Waals surface area (Å²) in [6, 6.07) is 6.92. The fraction of sp³-hybridized carbons (Fsp3) is 0.429. The summed E-state index contributed by atoms with van der Waals surface area (Å²) in [6.45, 7) is 3.15. The van der Waals surface area contributed by atoms with Crippen LogP contribution in [0.5, 0.6) is 0 Å². The molecule has 2 heterocycles. The molecule has 0 aromatic heterocycles. The summed E-state index contributed by atoms with van der Waals surface area (Å²) < 4.78 is 0. The molecule has 0 radical (unpaired) electrons. The molecule has 5 nitrogen and oxygen atoms in total. The van der Waals surface area contributed by atoms with Gasteiger partial charge < -0.3 is 9.83 Å². The van der Waals surface area contributed by atoms with Crippen LogP contribution < -0.4 is 0 Å². The van der Waals surface area contributed by atoms with E-state index in [0.717, 1.165) is 12.8 Å². The lowest BCUT2D eigenvalue weighted by Crippen LogP contribution is -2.50. The molecule has 2 aliphatic heterocycles. The number of carbonyl (C=O) groups excluding carboxylic acids is 2. The molecule has 1 saturated heterocycles. The van der Waals surface area contributed by atoms with Crippen molar-refractivity contribution in [1.82, 2.24) is 9.71 Å². The van der Waals surface area contributed by atoms with Crippen LogP contribution in [0.1, 0.15) is 33.6 Å². The number of imide groups is 1. The van der Waals surface area contributed by atoms with Crippen LogP contribution in [0.15, 0.2) is 24.3 Å². The van der Waals surface area contributed by atoms with Crippen molar-refractivity contribution in [3.8, 4) is 0 Å². The number of carbonyl (C=O) groups is 2. The lowest BCUT2D eigenvalue weighted by Gasteiger charge is -2.36. The van der Waals surface area contributed by atoms with Crippen molar-refractivity contribution in [3.05, 3.63) is 35.4 Å². The first-order valence-electron chi connectivity index (χ1n) is 6.98. The van der Waals surface area contributed by atoms with Gasteiger partial charge in [-0.3, -0.25) is 14.5 Å². The van der Waals surface area contributed by atoms with Crippen LogP contribution in [0.3, 0.4) is 0 Å². The van der Waals surface area contributed by atoms with Gasteiger partial charge in [0.05, 0.1) is 11.1 Å². The molecule has 1 N–H and O–H groups in total. The smallest absolute Gasteiger partial charge is 0.376 e. The summed E-state index contributed by atoms with van der Waals surface area (Å²) in [4.78, 5) is 28.1. The summed E-state index contributed by atoms with van der Waals surface area (Å²) in [5.74, 6) is -0.359. The Labute approximate surface area is 118 Å². The Kier molecular flexibility index (Phi) is 3.35. The third-order valence-electron chi connectivity index (χ3n) is 4.22. The van der Waals surface area contributed by atoms with E-state index in [4.69, 9.17) is 0 Å². The average molecular weight is 272 g/mol. The van der Waals surface area contributed by atoms with E-state index in [-0.39, 0.29) is 17.9 Å². The minimum atomic E-state index is -0.474. The van der Waals surface area contributed by atoms with E-state index in [9.17, 15) is 14.6 Å². The van der Waals surface area contributed by atoms with E-state index in [1.165, 1.54) is 4.90 Å². The summed E-state index contributed by atoms with van der Waals surface area (Å²) in [7, 11) is -0.474. The highest BCUT2D eigenvalue weighted by atomic mass is 16.2. The highest BCUT2D eigenvalue weighted by Gasteiger charge is 2.41. The number of fused-ring (bicyclic) bond motifs is 1. The zero-order valence-corrected chi connectivity index (χ0v) is 11.5. The van der Waals surface area contributed by atoms with E-state index in [0.29, 0.717) is 24.2 Å². The van der Waals surface area contributed by atoms with E-state index < -0.39 is 7.05 Å². The van der Waals surface area contributed by atoms with Crippen molar-refractivity contribution in [2.45, 2.75) is 25.7 Å². The minimum Gasteiger partial charge on any atom is -0.437 e. The Morgan fingerprint density at radius 3 is 2.05 bits per heavy atom. The molecule has 104 valence electrons. The molecule has 1 aromatic carbocycles. The summed E-state index contributed by atoms with van der Waals surface area (Å²) >= 11 is 0. The van der Waals surface area contributed by atoms with Crippen LogP contribution in [0.4, 0.5) is 0 Å². The third-order valence-corrected chi connectivity index (χ3v) is 4.22. The van der Waals surface area contributed by atoms with Crippen LogP contribution in [0.25, 0.3) is 0 Å². The largest absolute Gasteiger partial charge is 0.437 e. The van der Waals surface area contributed by atoms with Gasteiger partial charge in [-0.15, -0.1) is 0 Å². The van der Waals surface area contributed by atoms with Gasteiger partial charge in [0, 0.05) is 6.04 Å². The predicted octanol–water partition coefficient (Wildman–Crippen LogP) is 0.857. The quantitative estimate of drug-likeness (QED) is 0.640. The Hall–Kier alpha value is -1.66. The van der Waals surface area contributed by atoms with Crippen LogP contribution in [-0.2, 0) is 0 Å². The van der Waals surface area contributed by atoms with Crippen molar-refractivity contribution in [2.24, 2.45) is 0 Å². The molecule has 0 bridgehead atoms. The molecular formula is C14H17BN2O3. The van der Waals surface area contributed by atoms with Crippen molar-refractivity contribution < 1.29 is 14.6 Å². The van der Waals surface area contributed by atoms with Crippen molar-refractivity contribution in [1.29, 1.82) is 0 Å². The second-order valence-corrected chi connectivity index (χ2v) is 5.42. The van der Waals surface area contributed by atoms with Crippen LogP contribution in [-0.4, -0.2) is 52.7 Å². The normalized spacial score (nSPS) is 20.4. The molecule has 0 aliphatic carbocycles. The number of amides is 2. The second kappa shape index (κ2) is 5.03. The molecule has 2 amide bonds. The maximum absolute atomic E-state index is 12.4. The van der Waals surface area contributed by atoms with Crippen molar-refractivity contribution in [3.63, 3.8) is 0 Å². The number of hydrogen-bond donors (Lipinski definition) is 1. The summed E-state index contributed by atoms with van der Waals surface area (Å²) in [5.41, 5.74) is 1.02. The van der Waals surface area contributed by atoms with Crippen LogP contribution in [0, 0.1) is 0 Å². The Balaban J connectivity index is 1.77. The van der Waals surface area contributed by atoms with E-state index in [1.807, 2.05) is 4.81 Å². The fourth-order valence-electron chi connectivity index (χ4n) is 3.06. The zero-order valence-electron chi connectivity index (χ0n) is 11.5. The molecule has 20 heavy (non-hydrogen) atoms. The molecule has 1 fully saturated rings. The third kappa shape index (κ3) is 2.05. The first-order valence-corrected chi connectivity index (χ1v) is 6.98. The molecule has 0 unspecified atom stereocenters. The lowest BCUT2D eigenvalue weighted by atomic mass is 9.82. The van der Waals surface area contributed by atoms with Crippen LogP contribution in [0.2, 0.25) is 6.82 Å². The highest BCUT2D eigenvalue weighted by Crippen LogP contribution is 2.28. The first kappa shape index (κ1) is 13.3. The molecule has 0 atom stereocenters. The molecular weight excluding hydrogens is 255 g/mol. The predicted molar refractivity (Wildman–Crippen MR) is 75.4 cm³/mol. The number of benzene rings is 1. The average Bonchev–Trinajstić information content (AvgIpc) is 2.72. The van der Waals surface area contributed by atoms with E-state index in [1.54, 1.807) is 31.1 Å². The number of rotatable bonds is 2. The van der Waals surface area contributed by atoms with E-state index >= 15 is 0 Å². The van der Waals surface area contributed by atoms with Gasteiger partial charge in [-0.1, -0.05) is 12.1 Å². The highest BCUT2D eigenvalue weighted by molar-refractivity contribution is 6.45. The van der Waals surface area contributed by atoms with Gasteiger partial charge >= 0.3 is 7.05 Å². The molecule has 0 spiro atoms. The van der Waals surface area contributed by atoms with Gasteiger partial charge in [0.25, 0.3) is 11.8 Å². The molecule has 1 aromatic rings. The SMILES string of the molecule is CB(O)N1CCC(N2C(=O)c3ccccc3C2=O)CC1. The lowest BCUT2D eigenvalue weighted by molar-refractivity contribution is 0.0531. The topological polar surface area (TPSA) is 60.9 Å². The Morgan fingerprint density at radius 2 is 1.60 bits per heavy atom. The second-order valence-electron chi connectivity index (χ2n) is 5.42. The van der Waals surface area contributed by atoms with Gasteiger partial charge in [-0.05, 0) is 44.9 Å². The van der Waals surface area contributed by atoms with Gasteiger partial charge in [-0.25, -0.2) is 0 Å². The molecule has 6 heteroatoms. The van der Waals surface area contributed by atoms with Crippen molar-refractivity contribution in [2.75, 3.05) is 13.1 Å². The number of hydrogen-bond acceptors (Lipinski definition) is 4. The van der Waals surface area contributed by atoms with Gasteiger partial charge in [0.2, 0.25) is 0 Å². The number of nitrogens with zero attached hydrogens (tertiary/aromatic N) is 2. The fourth-order valence-corrected chi connectivity index (χ4v) is 3.06. The standard InChI is InChI=1S/C14H17BN2O3/c1-15(20)16-8-6-10(7-9-16)17-13(18)11-4-2-3-5-12(11)14(17)19/h2-5,10,20H,6-9H2,1H3. The summed E-state index contributed by atoms with van der Waals surface area (Å²) in [6.07, 6.45) is 1.44. The van der Waals surface area contributed by atoms with Crippen molar-refractivity contribution >= 4 is 18.9 Å². The monoisotopic (exact) mass is 272 g/mol. The minimum absolute atomic E-state index is 0.0580. The van der Waals surface area contributed by atoms with Crippen LogP contribution >= 0.6 is 0 Å². The molecule has 3 rings (SSSR count). The van der Waals surface area contributed by atoms with Gasteiger partial charge in [0.1, 0.15) is 0 Å². The molecule has 2 aliphatic rings. The molecule has 0 saturated carbocycles. The first-order chi connectivity index (χ1) is 9.59. The summed E-state index contributed by atoms with van der Waals surface area (Å²) in [5, 5.41) is 9.55. The Morgan fingerprint density at radius 1 is 1.10 bits per heavy atom. The zero-order chi connectivity index (χ0) is 14.3. The maximum atomic E-state index is 12.4.